The number of phenolic OH excluding ortho intramolecular Hbond substituents is 1. The number of hydrogen-bond acceptors (Lipinski definition) is 6. The van der Waals surface area contributed by atoms with Crippen molar-refractivity contribution in [2.24, 2.45) is 0 Å². The third-order valence-corrected chi connectivity index (χ3v) is 6.33. The standard InChI is InChI=1S/C25H23FN2O4S/c1-14-19(6-15-7-22(31-2)25(30)23(8-15)32-3)18-5-4-16(26)9-20(18)21(14)12-28-24(29)10-17-11-27-13-33-17/h4-9,11,13,30H,10,12H2,1-3H3,(H,28,29). The molecular formula is C25H23FN2O4S. The van der Waals surface area contributed by atoms with Crippen LogP contribution in [0.2, 0.25) is 0 Å². The van der Waals surface area contributed by atoms with E-state index in [4.69, 9.17) is 9.47 Å². The van der Waals surface area contributed by atoms with Crippen LogP contribution in [0.1, 0.15) is 28.5 Å². The second-order valence-electron chi connectivity index (χ2n) is 7.55. The van der Waals surface area contributed by atoms with Gasteiger partial charge in [0.05, 0.1) is 26.2 Å². The maximum atomic E-state index is 14.1. The monoisotopic (exact) mass is 466 g/mol. The minimum absolute atomic E-state index is 0.0763. The molecule has 0 bridgehead atoms. The summed E-state index contributed by atoms with van der Waals surface area (Å²) in [4.78, 5) is 17.3. The zero-order chi connectivity index (χ0) is 23.5. The maximum absolute atomic E-state index is 14.1. The lowest BCUT2D eigenvalue weighted by atomic mass is 10.00. The first-order valence-corrected chi connectivity index (χ1v) is 11.1. The SMILES string of the molecule is COc1cc(C=C2C(C)=C(CNC(=O)Cc3cncs3)c3cc(F)ccc32)cc(OC)c1O. The number of carbonyl (C=O) groups is 1. The van der Waals surface area contributed by atoms with Crippen LogP contribution in [0.15, 0.2) is 47.6 Å². The molecule has 1 aliphatic carbocycles. The Morgan fingerprint density at radius 2 is 1.91 bits per heavy atom. The third kappa shape index (κ3) is 4.61. The number of carbonyl (C=O) groups excluding carboxylic acids is 1. The first kappa shape index (κ1) is 22.5. The highest BCUT2D eigenvalue weighted by molar-refractivity contribution is 7.09. The zero-order valence-electron chi connectivity index (χ0n) is 18.4. The van der Waals surface area contributed by atoms with Crippen LogP contribution in [0, 0.1) is 5.82 Å². The van der Waals surface area contributed by atoms with Crippen LogP contribution >= 0.6 is 11.3 Å². The number of nitrogens with zero attached hydrogens (tertiary/aromatic N) is 1. The summed E-state index contributed by atoms with van der Waals surface area (Å²) in [6.07, 6.45) is 3.86. The normalized spacial score (nSPS) is 13.9. The molecule has 0 radical (unpaired) electrons. The molecule has 1 aromatic heterocycles. The second kappa shape index (κ2) is 9.46. The number of thiazole rings is 1. The van der Waals surface area contributed by atoms with Crippen molar-refractivity contribution in [2.45, 2.75) is 13.3 Å². The summed E-state index contributed by atoms with van der Waals surface area (Å²) in [5.74, 6) is 0.0336. The Hall–Kier alpha value is -3.65. The summed E-state index contributed by atoms with van der Waals surface area (Å²) in [6, 6.07) is 8.05. The molecular weight excluding hydrogens is 443 g/mol. The van der Waals surface area contributed by atoms with Crippen molar-refractivity contribution in [3.05, 3.63) is 75.0 Å². The minimum Gasteiger partial charge on any atom is -0.502 e. The van der Waals surface area contributed by atoms with Gasteiger partial charge in [-0.25, -0.2) is 4.39 Å². The molecule has 2 N–H and O–H groups in total. The molecule has 6 nitrogen and oxygen atoms in total. The largest absolute Gasteiger partial charge is 0.502 e. The number of aromatic hydroxyl groups is 1. The van der Waals surface area contributed by atoms with E-state index >= 15 is 0 Å². The van der Waals surface area contributed by atoms with Crippen molar-refractivity contribution in [1.29, 1.82) is 0 Å². The van der Waals surface area contributed by atoms with Crippen molar-refractivity contribution >= 4 is 34.5 Å². The van der Waals surface area contributed by atoms with Gasteiger partial charge in [-0.2, -0.15) is 0 Å². The molecule has 0 unspecified atom stereocenters. The Labute approximate surface area is 195 Å². The van der Waals surface area contributed by atoms with E-state index in [1.165, 1.54) is 37.7 Å². The fourth-order valence-electron chi connectivity index (χ4n) is 3.88. The number of ether oxygens (including phenoxy) is 2. The summed E-state index contributed by atoms with van der Waals surface area (Å²) in [5.41, 5.74) is 6.73. The summed E-state index contributed by atoms with van der Waals surface area (Å²) in [7, 11) is 2.94. The highest BCUT2D eigenvalue weighted by atomic mass is 32.1. The molecule has 8 heteroatoms. The third-order valence-electron chi connectivity index (χ3n) is 5.55. The van der Waals surface area contributed by atoms with Crippen molar-refractivity contribution in [3.8, 4) is 17.2 Å². The summed E-state index contributed by atoms with van der Waals surface area (Å²) in [5, 5.41) is 13.1. The molecule has 0 spiro atoms. The lowest BCUT2D eigenvalue weighted by Gasteiger charge is -2.11. The van der Waals surface area contributed by atoms with E-state index in [1.54, 1.807) is 29.9 Å². The molecule has 4 rings (SSSR count). The average Bonchev–Trinajstić information content (AvgIpc) is 3.39. The lowest BCUT2D eigenvalue weighted by Crippen LogP contribution is -2.26. The van der Waals surface area contributed by atoms with E-state index in [9.17, 15) is 14.3 Å². The number of fused-ring (bicyclic) bond motifs is 1. The number of phenols is 1. The van der Waals surface area contributed by atoms with Crippen LogP contribution in [0.5, 0.6) is 17.2 Å². The van der Waals surface area contributed by atoms with Gasteiger partial charge in [0.25, 0.3) is 0 Å². The number of allylic oxidation sites excluding steroid dienone is 2. The van der Waals surface area contributed by atoms with Gasteiger partial charge in [0, 0.05) is 17.6 Å². The van der Waals surface area contributed by atoms with Crippen molar-refractivity contribution in [3.63, 3.8) is 0 Å². The molecule has 0 saturated carbocycles. The number of methoxy groups -OCH3 is 2. The molecule has 1 heterocycles. The van der Waals surface area contributed by atoms with Crippen molar-refractivity contribution in [2.75, 3.05) is 20.8 Å². The molecule has 1 aliphatic rings. The summed E-state index contributed by atoms with van der Waals surface area (Å²) in [6.45, 7) is 2.22. The van der Waals surface area contributed by atoms with Gasteiger partial charge in [0.15, 0.2) is 11.5 Å². The molecule has 0 atom stereocenters. The van der Waals surface area contributed by atoms with Gasteiger partial charge in [0.2, 0.25) is 11.7 Å². The van der Waals surface area contributed by atoms with Crippen LogP contribution in [0.4, 0.5) is 4.39 Å². The van der Waals surface area contributed by atoms with Gasteiger partial charge >= 0.3 is 0 Å². The van der Waals surface area contributed by atoms with Gasteiger partial charge in [-0.05, 0) is 70.7 Å². The van der Waals surface area contributed by atoms with Gasteiger partial charge in [-0.3, -0.25) is 9.78 Å². The topological polar surface area (TPSA) is 80.7 Å². The van der Waals surface area contributed by atoms with E-state index in [-0.39, 0.29) is 41.9 Å². The number of aromatic nitrogens is 1. The quantitative estimate of drug-likeness (QED) is 0.528. The Morgan fingerprint density at radius 3 is 2.55 bits per heavy atom. The predicted octanol–water partition coefficient (Wildman–Crippen LogP) is 4.69. The van der Waals surface area contributed by atoms with Crippen molar-refractivity contribution in [1.82, 2.24) is 10.3 Å². The number of halogens is 1. The molecule has 0 aliphatic heterocycles. The molecule has 2 aromatic carbocycles. The highest BCUT2D eigenvalue weighted by Gasteiger charge is 2.25. The van der Waals surface area contributed by atoms with Crippen LogP contribution < -0.4 is 14.8 Å². The predicted molar refractivity (Wildman–Crippen MR) is 127 cm³/mol. The van der Waals surface area contributed by atoms with Crippen LogP contribution in [-0.4, -0.2) is 36.8 Å². The lowest BCUT2D eigenvalue weighted by molar-refractivity contribution is -0.120. The first-order valence-electron chi connectivity index (χ1n) is 10.2. The van der Waals surface area contributed by atoms with Crippen molar-refractivity contribution < 1.29 is 23.8 Å². The first-order chi connectivity index (χ1) is 15.9. The fourth-order valence-corrected chi connectivity index (χ4v) is 4.48. The number of amides is 1. The summed E-state index contributed by atoms with van der Waals surface area (Å²) >= 11 is 1.43. The molecule has 0 saturated heterocycles. The number of nitrogens with one attached hydrogen (secondary N) is 1. The molecule has 1 amide bonds. The Balaban J connectivity index is 1.69. The average molecular weight is 467 g/mol. The Morgan fingerprint density at radius 1 is 1.18 bits per heavy atom. The van der Waals surface area contributed by atoms with Gasteiger partial charge in [-0.15, -0.1) is 11.3 Å². The Bertz CT molecular complexity index is 1240. The maximum Gasteiger partial charge on any atom is 0.225 e. The molecule has 170 valence electrons. The second-order valence-corrected chi connectivity index (χ2v) is 8.52. The number of benzene rings is 2. The van der Waals surface area contributed by atoms with E-state index in [1.807, 2.05) is 13.0 Å². The fraction of sp³-hybridized carbons (Fsp3) is 0.200. The summed E-state index contributed by atoms with van der Waals surface area (Å²) < 4.78 is 24.6. The van der Waals surface area contributed by atoms with E-state index in [2.05, 4.69) is 10.3 Å². The molecule has 3 aromatic rings. The zero-order valence-corrected chi connectivity index (χ0v) is 19.3. The van der Waals surface area contributed by atoms with E-state index in [0.717, 1.165) is 38.3 Å². The minimum atomic E-state index is -0.343. The van der Waals surface area contributed by atoms with Crippen LogP contribution in [0.3, 0.4) is 0 Å². The van der Waals surface area contributed by atoms with Gasteiger partial charge < -0.3 is 19.9 Å². The van der Waals surface area contributed by atoms with E-state index in [0.29, 0.717) is 0 Å². The van der Waals surface area contributed by atoms with Crippen LogP contribution in [0.25, 0.3) is 17.2 Å². The Kier molecular flexibility index (Phi) is 6.46. The van der Waals surface area contributed by atoms with Crippen LogP contribution in [-0.2, 0) is 11.2 Å². The highest BCUT2D eigenvalue weighted by Crippen LogP contribution is 2.44. The number of rotatable bonds is 7. The number of hydrogen-bond donors (Lipinski definition) is 2. The smallest absolute Gasteiger partial charge is 0.225 e. The van der Waals surface area contributed by atoms with Gasteiger partial charge in [0.1, 0.15) is 5.82 Å². The van der Waals surface area contributed by atoms with E-state index < -0.39 is 0 Å². The van der Waals surface area contributed by atoms with Gasteiger partial charge in [-0.1, -0.05) is 6.07 Å². The molecule has 0 fully saturated rings. The molecule has 33 heavy (non-hydrogen) atoms.